The zero-order valence-electron chi connectivity index (χ0n) is 14.5. The van der Waals surface area contributed by atoms with Crippen LogP contribution in [-0.4, -0.2) is 10.9 Å². The zero-order valence-corrected chi connectivity index (χ0v) is 17.6. The highest BCUT2D eigenvalue weighted by atomic mass is 35.5. The highest BCUT2D eigenvalue weighted by Gasteiger charge is 2.14. The molecule has 0 spiro atoms. The molecule has 0 radical (unpaired) electrons. The zero-order chi connectivity index (χ0) is 19.5. The van der Waals surface area contributed by atoms with Crippen molar-refractivity contribution < 1.29 is 4.79 Å². The first-order valence-electron chi connectivity index (χ1n) is 8.43. The number of nitrogens with one attached hydrogen (secondary N) is 1. The van der Waals surface area contributed by atoms with Crippen molar-refractivity contribution in [1.29, 1.82) is 0 Å². The molecule has 0 atom stereocenters. The van der Waals surface area contributed by atoms with E-state index in [1.807, 2.05) is 47.8 Å². The minimum absolute atomic E-state index is 0.193. The number of carbonyl (C=O) groups excluding carboxylic acids is 1. The average Bonchev–Trinajstić information content (AvgIpc) is 3.28. The summed E-state index contributed by atoms with van der Waals surface area (Å²) in [5.74, 6) is -0.193. The Labute approximate surface area is 180 Å². The Morgan fingerprint density at radius 1 is 1.00 bits per heavy atom. The third kappa shape index (κ3) is 4.45. The molecule has 0 unspecified atom stereocenters. The molecule has 0 aliphatic rings. The van der Waals surface area contributed by atoms with Gasteiger partial charge in [-0.3, -0.25) is 10.1 Å². The number of amides is 1. The van der Waals surface area contributed by atoms with E-state index in [9.17, 15) is 4.79 Å². The molecule has 4 rings (SSSR count). The summed E-state index contributed by atoms with van der Waals surface area (Å²) in [5.41, 5.74) is 4.46. The molecule has 28 heavy (non-hydrogen) atoms. The Morgan fingerprint density at radius 2 is 1.71 bits per heavy atom. The maximum atomic E-state index is 12.5. The first-order valence-corrected chi connectivity index (χ1v) is 10.9. The number of thiophene rings is 1. The second kappa shape index (κ2) is 8.45. The van der Waals surface area contributed by atoms with Crippen molar-refractivity contribution in [1.82, 2.24) is 4.98 Å². The monoisotopic (exact) mass is 444 g/mol. The molecule has 3 nitrogen and oxygen atoms in total. The Bertz CT molecular complexity index is 1110. The number of nitrogens with zero attached hydrogens (tertiary/aromatic N) is 1. The van der Waals surface area contributed by atoms with E-state index in [0.717, 1.165) is 17.5 Å². The van der Waals surface area contributed by atoms with Crippen molar-refractivity contribution in [3.05, 3.63) is 91.4 Å². The van der Waals surface area contributed by atoms with E-state index in [0.29, 0.717) is 25.1 Å². The van der Waals surface area contributed by atoms with Gasteiger partial charge >= 0.3 is 0 Å². The van der Waals surface area contributed by atoms with Gasteiger partial charge in [0.05, 0.1) is 10.0 Å². The fraction of sp³-hybridized carbons (Fsp3) is 0.0476. The molecule has 0 aliphatic heterocycles. The molecule has 140 valence electrons. The van der Waals surface area contributed by atoms with E-state index in [-0.39, 0.29) is 5.91 Å². The molecule has 2 heterocycles. The standard InChI is InChI=1S/C21H14Cl2N2OS2/c22-18-11-16(19(23)28-18)17-12-27-21(24-17)25-20(26)15-8-6-14(7-9-15)10-13-4-2-1-3-5-13/h1-9,11-12H,10H2,(H,24,25,26). The molecule has 0 aliphatic carbocycles. The molecule has 0 saturated carbocycles. The molecule has 1 N–H and O–H groups in total. The van der Waals surface area contributed by atoms with E-state index in [2.05, 4.69) is 22.4 Å². The number of benzene rings is 2. The van der Waals surface area contributed by atoms with Gasteiger partial charge in [0.25, 0.3) is 5.91 Å². The van der Waals surface area contributed by atoms with Crippen molar-refractivity contribution in [3.63, 3.8) is 0 Å². The largest absolute Gasteiger partial charge is 0.298 e. The van der Waals surface area contributed by atoms with E-state index in [4.69, 9.17) is 23.2 Å². The van der Waals surface area contributed by atoms with Crippen LogP contribution in [0.25, 0.3) is 11.3 Å². The molecule has 2 aromatic carbocycles. The minimum atomic E-state index is -0.193. The summed E-state index contributed by atoms with van der Waals surface area (Å²) >= 11 is 14.8. The highest BCUT2D eigenvalue weighted by Crippen LogP contribution is 2.39. The van der Waals surface area contributed by atoms with Gasteiger partial charge < -0.3 is 0 Å². The third-order valence-electron chi connectivity index (χ3n) is 4.12. The van der Waals surface area contributed by atoms with Crippen LogP contribution in [0.3, 0.4) is 0 Å². The van der Waals surface area contributed by atoms with Gasteiger partial charge in [0.15, 0.2) is 5.13 Å². The van der Waals surface area contributed by atoms with Crippen LogP contribution in [-0.2, 0) is 6.42 Å². The summed E-state index contributed by atoms with van der Waals surface area (Å²) in [7, 11) is 0. The maximum absolute atomic E-state index is 12.5. The van der Waals surface area contributed by atoms with Crippen LogP contribution in [0.5, 0.6) is 0 Å². The number of aromatic nitrogens is 1. The number of anilines is 1. The molecule has 7 heteroatoms. The lowest BCUT2D eigenvalue weighted by molar-refractivity contribution is 0.102. The first-order chi connectivity index (χ1) is 13.6. The normalized spacial score (nSPS) is 10.8. The van der Waals surface area contributed by atoms with Crippen molar-refractivity contribution in [3.8, 4) is 11.3 Å². The van der Waals surface area contributed by atoms with Crippen molar-refractivity contribution in [2.24, 2.45) is 0 Å². The Hall–Kier alpha value is -2.18. The molecule has 0 bridgehead atoms. The lowest BCUT2D eigenvalue weighted by Crippen LogP contribution is -2.11. The summed E-state index contributed by atoms with van der Waals surface area (Å²) < 4.78 is 1.19. The topological polar surface area (TPSA) is 42.0 Å². The van der Waals surface area contributed by atoms with E-state index in [1.165, 1.54) is 28.2 Å². The molecular weight excluding hydrogens is 431 g/mol. The molecule has 0 saturated heterocycles. The average molecular weight is 445 g/mol. The summed E-state index contributed by atoms with van der Waals surface area (Å²) in [4.78, 5) is 17.0. The van der Waals surface area contributed by atoms with Crippen molar-refractivity contribution in [2.45, 2.75) is 6.42 Å². The van der Waals surface area contributed by atoms with Crippen LogP contribution in [0.1, 0.15) is 21.5 Å². The number of hydrogen-bond acceptors (Lipinski definition) is 4. The predicted molar refractivity (Wildman–Crippen MR) is 119 cm³/mol. The molecule has 0 fully saturated rings. The van der Waals surface area contributed by atoms with Crippen LogP contribution in [0, 0.1) is 0 Å². The lowest BCUT2D eigenvalue weighted by atomic mass is 10.0. The van der Waals surface area contributed by atoms with Gasteiger partial charge in [0.1, 0.15) is 4.34 Å². The summed E-state index contributed by atoms with van der Waals surface area (Å²) in [6.45, 7) is 0. The molecule has 1 amide bonds. The van der Waals surface area contributed by atoms with E-state index >= 15 is 0 Å². The minimum Gasteiger partial charge on any atom is -0.298 e. The second-order valence-electron chi connectivity index (χ2n) is 6.09. The third-order valence-corrected chi connectivity index (χ3v) is 6.37. The van der Waals surface area contributed by atoms with Crippen LogP contribution in [0.15, 0.2) is 66.0 Å². The van der Waals surface area contributed by atoms with Crippen molar-refractivity contribution in [2.75, 3.05) is 5.32 Å². The smallest absolute Gasteiger partial charge is 0.257 e. The van der Waals surface area contributed by atoms with Crippen LogP contribution in [0.4, 0.5) is 5.13 Å². The second-order valence-corrected chi connectivity index (χ2v) is 9.23. The van der Waals surface area contributed by atoms with Gasteiger partial charge in [-0.05, 0) is 35.7 Å². The Kier molecular flexibility index (Phi) is 5.78. The Balaban J connectivity index is 1.43. The lowest BCUT2D eigenvalue weighted by Gasteiger charge is -2.05. The van der Waals surface area contributed by atoms with Gasteiger partial charge in [0, 0.05) is 16.5 Å². The van der Waals surface area contributed by atoms with Gasteiger partial charge in [-0.1, -0.05) is 65.7 Å². The van der Waals surface area contributed by atoms with Crippen LogP contribution >= 0.6 is 45.9 Å². The van der Waals surface area contributed by atoms with Crippen molar-refractivity contribution >= 4 is 56.9 Å². The quantitative estimate of drug-likeness (QED) is 0.359. The summed E-state index contributed by atoms with van der Waals surface area (Å²) in [6, 6.07) is 19.6. The number of carbonyl (C=O) groups is 1. The van der Waals surface area contributed by atoms with E-state index < -0.39 is 0 Å². The fourth-order valence-corrected chi connectivity index (χ4v) is 4.93. The number of halogens is 2. The van der Waals surface area contributed by atoms with Gasteiger partial charge in [-0.2, -0.15) is 0 Å². The van der Waals surface area contributed by atoms with Gasteiger partial charge in [-0.25, -0.2) is 4.98 Å². The molecule has 2 aromatic heterocycles. The number of thiazole rings is 1. The fourth-order valence-electron chi connectivity index (χ4n) is 2.74. The SMILES string of the molecule is O=C(Nc1nc(-c2cc(Cl)sc2Cl)cs1)c1ccc(Cc2ccccc2)cc1. The van der Waals surface area contributed by atoms with Gasteiger partial charge in [0.2, 0.25) is 0 Å². The maximum Gasteiger partial charge on any atom is 0.257 e. The van der Waals surface area contributed by atoms with Crippen LogP contribution in [0.2, 0.25) is 8.67 Å². The number of rotatable bonds is 5. The highest BCUT2D eigenvalue weighted by molar-refractivity contribution is 7.20. The van der Waals surface area contributed by atoms with E-state index in [1.54, 1.807) is 6.07 Å². The summed E-state index contributed by atoms with van der Waals surface area (Å²) in [5, 5.41) is 5.21. The Morgan fingerprint density at radius 3 is 2.39 bits per heavy atom. The number of hydrogen-bond donors (Lipinski definition) is 1. The predicted octanol–water partition coefficient (Wildman–Crippen LogP) is 7.02. The van der Waals surface area contributed by atoms with Gasteiger partial charge in [-0.15, -0.1) is 22.7 Å². The van der Waals surface area contributed by atoms with Crippen LogP contribution < -0.4 is 5.32 Å². The molecule has 4 aromatic rings. The first kappa shape index (κ1) is 19.2. The molecular formula is C21H14Cl2N2OS2. The summed E-state index contributed by atoms with van der Waals surface area (Å²) in [6.07, 6.45) is 0.836.